The van der Waals surface area contributed by atoms with Gasteiger partial charge in [0.2, 0.25) is 21.8 Å². The Labute approximate surface area is 235 Å². The number of carbonyl (C=O) groups excluding carboxylic acids is 2. The smallest absolute Gasteiger partial charge is 0.244 e. The van der Waals surface area contributed by atoms with E-state index in [4.69, 9.17) is 32.7 Å². The minimum Gasteiger partial charge on any atom is -0.497 e. The summed E-state index contributed by atoms with van der Waals surface area (Å²) in [6, 6.07) is 8.64. The van der Waals surface area contributed by atoms with Gasteiger partial charge in [-0.05, 0) is 42.7 Å². The Morgan fingerprint density at radius 3 is 2.32 bits per heavy atom. The number of rotatable bonds is 14. The lowest BCUT2D eigenvalue weighted by Gasteiger charge is -2.33. The first-order chi connectivity index (χ1) is 18.0. The fourth-order valence-corrected chi connectivity index (χ4v) is 5.16. The number of methoxy groups -OCH3 is 2. The summed E-state index contributed by atoms with van der Waals surface area (Å²) in [7, 11) is -1.11. The average molecular weight is 589 g/mol. The SMILES string of the molecule is CCCCNC(=O)C(CC)N(Cc1ccc(Cl)cc1Cl)C(=O)CN(c1cc(OC)ccc1OC)S(C)(=O)=O. The van der Waals surface area contributed by atoms with E-state index in [0.29, 0.717) is 34.3 Å². The van der Waals surface area contributed by atoms with Crippen LogP contribution in [0, 0.1) is 0 Å². The van der Waals surface area contributed by atoms with Crippen LogP contribution in [0.25, 0.3) is 0 Å². The van der Waals surface area contributed by atoms with E-state index in [1.807, 2.05) is 6.92 Å². The van der Waals surface area contributed by atoms with Crippen LogP contribution < -0.4 is 19.1 Å². The Hall–Kier alpha value is -2.69. The second-order valence-corrected chi connectivity index (χ2v) is 11.4. The zero-order chi connectivity index (χ0) is 28.5. The van der Waals surface area contributed by atoms with Gasteiger partial charge in [-0.1, -0.05) is 49.5 Å². The molecule has 0 aromatic heterocycles. The topological polar surface area (TPSA) is 105 Å². The largest absolute Gasteiger partial charge is 0.497 e. The predicted molar refractivity (Wildman–Crippen MR) is 151 cm³/mol. The van der Waals surface area contributed by atoms with Crippen LogP contribution in [0.15, 0.2) is 36.4 Å². The number of halogens is 2. The molecule has 2 aromatic rings. The lowest BCUT2D eigenvalue weighted by Crippen LogP contribution is -2.52. The first kappa shape index (κ1) is 31.5. The van der Waals surface area contributed by atoms with Gasteiger partial charge in [0.05, 0.1) is 26.2 Å². The molecule has 2 amide bonds. The number of hydrogen-bond donors (Lipinski definition) is 1. The van der Waals surface area contributed by atoms with Gasteiger partial charge in [0, 0.05) is 29.2 Å². The molecule has 210 valence electrons. The molecule has 1 atom stereocenters. The number of nitrogens with one attached hydrogen (secondary N) is 1. The van der Waals surface area contributed by atoms with Crippen molar-refractivity contribution in [3.05, 3.63) is 52.0 Å². The van der Waals surface area contributed by atoms with Crippen molar-refractivity contribution in [2.45, 2.75) is 45.7 Å². The molecule has 9 nitrogen and oxygen atoms in total. The van der Waals surface area contributed by atoms with Crippen molar-refractivity contribution in [1.29, 1.82) is 0 Å². The van der Waals surface area contributed by atoms with Crippen molar-refractivity contribution < 1.29 is 27.5 Å². The number of sulfonamides is 1. The van der Waals surface area contributed by atoms with Gasteiger partial charge >= 0.3 is 0 Å². The summed E-state index contributed by atoms with van der Waals surface area (Å²) < 4.78 is 37.4. The maximum atomic E-state index is 13.8. The fourth-order valence-electron chi connectivity index (χ4n) is 3.85. The van der Waals surface area contributed by atoms with Crippen molar-refractivity contribution >= 4 is 50.7 Å². The third kappa shape index (κ3) is 8.41. The van der Waals surface area contributed by atoms with Crippen LogP contribution in [0.5, 0.6) is 11.5 Å². The molecule has 0 aliphatic carbocycles. The van der Waals surface area contributed by atoms with E-state index in [-0.39, 0.29) is 23.9 Å². The Morgan fingerprint density at radius 2 is 1.76 bits per heavy atom. The van der Waals surface area contributed by atoms with E-state index in [1.54, 1.807) is 37.3 Å². The van der Waals surface area contributed by atoms with Crippen LogP contribution in [0.2, 0.25) is 10.0 Å². The average Bonchev–Trinajstić information content (AvgIpc) is 2.87. The molecule has 1 unspecified atom stereocenters. The maximum Gasteiger partial charge on any atom is 0.244 e. The highest BCUT2D eigenvalue weighted by Crippen LogP contribution is 2.34. The van der Waals surface area contributed by atoms with Crippen LogP contribution in [-0.4, -0.2) is 64.7 Å². The number of ether oxygens (including phenoxy) is 2. The van der Waals surface area contributed by atoms with Crippen LogP contribution >= 0.6 is 23.2 Å². The summed E-state index contributed by atoms with van der Waals surface area (Å²) in [6.07, 6.45) is 2.98. The fraction of sp³-hybridized carbons (Fsp3) is 0.462. The molecule has 0 saturated heterocycles. The highest BCUT2D eigenvalue weighted by atomic mass is 35.5. The Bertz CT molecular complexity index is 1230. The summed E-state index contributed by atoms with van der Waals surface area (Å²) in [5, 5.41) is 3.62. The first-order valence-electron chi connectivity index (χ1n) is 12.2. The Balaban J connectivity index is 2.53. The number of unbranched alkanes of at least 4 members (excludes halogenated alkanes) is 1. The Morgan fingerprint density at radius 1 is 1.05 bits per heavy atom. The molecule has 0 radical (unpaired) electrons. The molecule has 0 aliphatic rings. The normalized spacial score (nSPS) is 12.0. The molecule has 0 fully saturated rings. The van der Waals surface area contributed by atoms with Crippen molar-refractivity contribution in [3.63, 3.8) is 0 Å². The predicted octanol–water partition coefficient (Wildman–Crippen LogP) is 4.50. The molecule has 0 aliphatic heterocycles. The summed E-state index contributed by atoms with van der Waals surface area (Å²) in [5.41, 5.74) is 0.696. The van der Waals surface area contributed by atoms with Crippen molar-refractivity contribution in [1.82, 2.24) is 10.2 Å². The van der Waals surface area contributed by atoms with Crippen molar-refractivity contribution in [2.75, 3.05) is 37.9 Å². The molecule has 2 rings (SSSR count). The van der Waals surface area contributed by atoms with Crippen LogP contribution in [0.3, 0.4) is 0 Å². The van der Waals surface area contributed by atoms with Crippen LogP contribution in [0.1, 0.15) is 38.7 Å². The van der Waals surface area contributed by atoms with Crippen LogP contribution in [0.4, 0.5) is 5.69 Å². The van der Waals surface area contributed by atoms with E-state index >= 15 is 0 Å². The number of carbonyl (C=O) groups is 2. The zero-order valence-corrected chi connectivity index (χ0v) is 24.6. The summed E-state index contributed by atoms with van der Waals surface area (Å²) in [5.74, 6) is -0.304. The van der Waals surface area contributed by atoms with E-state index in [2.05, 4.69) is 5.32 Å². The second-order valence-electron chi connectivity index (χ2n) is 8.63. The maximum absolute atomic E-state index is 13.8. The molecule has 2 aromatic carbocycles. The van der Waals surface area contributed by atoms with E-state index in [0.717, 1.165) is 23.4 Å². The lowest BCUT2D eigenvalue weighted by molar-refractivity contribution is -0.140. The molecule has 0 spiro atoms. The second kappa shape index (κ2) is 14.5. The van der Waals surface area contributed by atoms with Gasteiger partial charge < -0.3 is 19.7 Å². The molecular weight excluding hydrogens is 553 g/mol. The summed E-state index contributed by atoms with van der Waals surface area (Å²) in [6.45, 7) is 3.65. The minimum atomic E-state index is -3.95. The van der Waals surface area contributed by atoms with Gasteiger partial charge in [-0.15, -0.1) is 0 Å². The monoisotopic (exact) mass is 587 g/mol. The third-order valence-corrected chi connectivity index (χ3v) is 7.62. The van der Waals surface area contributed by atoms with Gasteiger partial charge in [-0.3, -0.25) is 13.9 Å². The van der Waals surface area contributed by atoms with Crippen molar-refractivity contribution in [2.24, 2.45) is 0 Å². The molecule has 12 heteroatoms. The van der Waals surface area contributed by atoms with Gasteiger partial charge in [0.15, 0.2) is 0 Å². The quantitative estimate of drug-likeness (QED) is 0.326. The lowest BCUT2D eigenvalue weighted by atomic mass is 10.1. The van der Waals surface area contributed by atoms with Gasteiger partial charge in [-0.25, -0.2) is 8.42 Å². The number of benzene rings is 2. The van der Waals surface area contributed by atoms with E-state index < -0.39 is 28.5 Å². The minimum absolute atomic E-state index is 0.0264. The molecule has 1 N–H and O–H groups in total. The summed E-state index contributed by atoms with van der Waals surface area (Å²) >= 11 is 12.4. The number of anilines is 1. The number of hydrogen-bond acceptors (Lipinski definition) is 6. The standard InChI is InChI=1S/C26H35Cl2N3O6S/c1-6-8-13-29-26(33)22(7-2)30(16-18-9-10-19(27)14-21(18)28)25(32)17-31(38(5,34)35)23-15-20(36-3)11-12-24(23)37-4/h9-12,14-15,22H,6-8,13,16-17H2,1-5H3,(H,29,33). The number of amides is 2. The highest BCUT2D eigenvalue weighted by molar-refractivity contribution is 7.92. The summed E-state index contributed by atoms with van der Waals surface area (Å²) in [4.78, 5) is 28.3. The van der Waals surface area contributed by atoms with E-state index in [1.165, 1.54) is 25.2 Å². The molecule has 0 saturated carbocycles. The zero-order valence-electron chi connectivity index (χ0n) is 22.3. The molecule has 0 heterocycles. The third-order valence-electron chi connectivity index (χ3n) is 5.91. The number of nitrogens with zero attached hydrogens (tertiary/aromatic N) is 2. The molecule has 38 heavy (non-hydrogen) atoms. The van der Waals surface area contributed by atoms with Gasteiger partial charge in [-0.2, -0.15) is 0 Å². The molecular formula is C26H35Cl2N3O6S. The molecule has 0 bridgehead atoms. The first-order valence-corrected chi connectivity index (χ1v) is 14.8. The van der Waals surface area contributed by atoms with Gasteiger partial charge in [0.25, 0.3) is 0 Å². The van der Waals surface area contributed by atoms with Crippen LogP contribution in [-0.2, 0) is 26.2 Å². The van der Waals surface area contributed by atoms with Crippen molar-refractivity contribution in [3.8, 4) is 11.5 Å². The van der Waals surface area contributed by atoms with Gasteiger partial charge in [0.1, 0.15) is 24.1 Å². The Kier molecular flexibility index (Phi) is 12.0. The highest BCUT2D eigenvalue weighted by Gasteiger charge is 2.33. The van der Waals surface area contributed by atoms with E-state index in [9.17, 15) is 18.0 Å².